The lowest BCUT2D eigenvalue weighted by Crippen LogP contribution is -2.26. The number of nitrogens with zero attached hydrogens (tertiary/aromatic N) is 1. The minimum atomic E-state index is -0.976. The first-order chi connectivity index (χ1) is 15.8. The van der Waals surface area contributed by atoms with Crippen LogP contribution in [0.25, 0.3) is 6.08 Å². The van der Waals surface area contributed by atoms with Crippen LogP contribution < -0.4 is 10.6 Å². The van der Waals surface area contributed by atoms with Crippen molar-refractivity contribution in [2.75, 3.05) is 10.6 Å². The lowest BCUT2D eigenvalue weighted by molar-refractivity contribution is -0.385. The first-order valence-electron chi connectivity index (χ1n) is 9.91. The van der Waals surface area contributed by atoms with E-state index in [1.165, 1.54) is 54.6 Å². The summed E-state index contributed by atoms with van der Waals surface area (Å²) in [5.41, 5.74) is -0.333. The molecule has 0 aliphatic heterocycles. The number of nitro benzene ring substituents is 1. The van der Waals surface area contributed by atoms with Gasteiger partial charge in [0.15, 0.2) is 0 Å². The zero-order valence-electron chi connectivity index (χ0n) is 17.5. The average molecular weight is 451 g/mol. The molecule has 0 bridgehead atoms. The van der Waals surface area contributed by atoms with E-state index in [-0.39, 0.29) is 22.6 Å². The van der Waals surface area contributed by atoms with Crippen LogP contribution in [0.1, 0.15) is 18.1 Å². The van der Waals surface area contributed by atoms with Crippen molar-refractivity contribution in [2.24, 2.45) is 0 Å². The Labute approximate surface area is 187 Å². The van der Waals surface area contributed by atoms with Gasteiger partial charge in [0.25, 0.3) is 17.5 Å². The van der Waals surface area contributed by atoms with Crippen molar-refractivity contribution in [3.63, 3.8) is 0 Å². The third-order valence-corrected chi connectivity index (χ3v) is 4.73. The fourth-order valence-corrected chi connectivity index (χ4v) is 3.04. The molecule has 9 heteroatoms. The number of rotatable bonds is 7. The van der Waals surface area contributed by atoms with Gasteiger partial charge in [-0.3, -0.25) is 19.7 Å². The monoisotopic (exact) mass is 451 g/mol. The molecule has 33 heavy (non-hydrogen) atoms. The molecule has 0 spiro atoms. The summed E-state index contributed by atoms with van der Waals surface area (Å²) in [5, 5.41) is 16.0. The normalized spacial score (nSPS) is 10.3. The van der Waals surface area contributed by atoms with Crippen LogP contribution in [-0.2, 0) is 16.0 Å². The summed E-state index contributed by atoms with van der Waals surface area (Å²) in [7, 11) is 0. The summed E-state index contributed by atoms with van der Waals surface area (Å²) in [5.74, 6) is -3.39. The molecular weight excluding hydrogens is 432 g/mol. The number of nitro groups is 1. The van der Waals surface area contributed by atoms with E-state index in [2.05, 4.69) is 10.6 Å². The van der Waals surface area contributed by atoms with Crippen LogP contribution in [0.4, 0.5) is 25.8 Å². The second-order valence-electron chi connectivity index (χ2n) is 6.92. The van der Waals surface area contributed by atoms with Crippen molar-refractivity contribution in [1.82, 2.24) is 0 Å². The molecule has 0 aliphatic rings. The highest BCUT2D eigenvalue weighted by atomic mass is 19.1. The predicted octanol–water partition coefficient (Wildman–Crippen LogP) is 5.10. The van der Waals surface area contributed by atoms with Gasteiger partial charge in [-0.15, -0.1) is 0 Å². The van der Waals surface area contributed by atoms with Crippen molar-refractivity contribution in [2.45, 2.75) is 13.3 Å². The molecule has 0 fully saturated rings. The second-order valence-corrected chi connectivity index (χ2v) is 6.92. The molecule has 168 valence electrons. The highest BCUT2D eigenvalue weighted by molar-refractivity contribution is 6.28. The van der Waals surface area contributed by atoms with E-state index in [0.29, 0.717) is 12.0 Å². The van der Waals surface area contributed by atoms with Crippen LogP contribution >= 0.6 is 0 Å². The van der Waals surface area contributed by atoms with Gasteiger partial charge < -0.3 is 10.6 Å². The smallest absolute Gasteiger partial charge is 0.273 e. The quantitative estimate of drug-likeness (QED) is 0.172. The van der Waals surface area contributed by atoms with Crippen molar-refractivity contribution >= 4 is 35.0 Å². The maximum atomic E-state index is 14.0. The Kier molecular flexibility index (Phi) is 7.24. The van der Waals surface area contributed by atoms with Crippen molar-refractivity contribution < 1.29 is 23.3 Å². The van der Waals surface area contributed by atoms with Crippen molar-refractivity contribution in [1.29, 1.82) is 0 Å². The largest absolute Gasteiger partial charge is 0.319 e. The highest BCUT2D eigenvalue weighted by Gasteiger charge is 2.22. The molecule has 0 aromatic heterocycles. The summed E-state index contributed by atoms with van der Waals surface area (Å²) in [4.78, 5) is 36.6. The van der Waals surface area contributed by atoms with Crippen molar-refractivity contribution in [3.8, 4) is 0 Å². The average Bonchev–Trinajstić information content (AvgIpc) is 2.80. The molecule has 2 amide bonds. The van der Waals surface area contributed by atoms with Crippen LogP contribution in [0.15, 0.2) is 72.3 Å². The van der Waals surface area contributed by atoms with Gasteiger partial charge in [-0.1, -0.05) is 43.3 Å². The summed E-state index contributed by atoms with van der Waals surface area (Å²) >= 11 is 0. The van der Waals surface area contributed by atoms with Gasteiger partial charge in [0, 0.05) is 11.6 Å². The molecule has 0 heterocycles. The Morgan fingerprint density at radius 2 is 1.42 bits per heavy atom. The van der Waals surface area contributed by atoms with E-state index in [0.717, 1.165) is 18.2 Å². The van der Waals surface area contributed by atoms with Gasteiger partial charge in [-0.05, 0) is 42.3 Å². The molecular formula is C24H19F2N3O4. The van der Waals surface area contributed by atoms with E-state index in [1.807, 2.05) is 0 Å². The summed E-state index contributed by atoms with van der Waals surface area (Å²) < 4.78 is 28.0. The van der Waals surface area contributed by atoms with Gasteiger partial charge in [-0.2, -0.15) is 0 Å². The molecule has 0 aliphatic carbocycles. The van der Waals surface area contributed by atoms with E-state index in [1.54, 1.807) is 6.92 Å². The topological polar surface area (TPSA) is 101 Å². The second kappa shape index (κ2) is 10.3. The molecule has 0 saturated carbocycles. The maximum absolute atomic E-state index is 14.0. The Morgan fingerprint density at radius 1 is 0.909 bits per heavy atom. The molecule has 7 nitrogen and oxygen atoms in total. The van der Waals surface area contributed by atoms with Crippen LogP contribution in [0.5, 0.6) is 0 Å². The lowest BCUT2D eigenvalue weighted by atomic mass is 10.0. The van der Waals surface area contributed by atoms with Crippen LogP contribution in [0, 0.1) is 21.7 Å². The number of hydrogen-bond donors (Lipinski definition) is 2. The zero-order valence-corrected chi connectivity index (χ0v) is 17.5. The molecule has 0 atom stereocenters. The van der Waals surface area contributed by atoms with E-state index < -0.39 is 33.9 Å². The third-order valence-electron chi connectivity index (χ3n) is 4.73. The fourth-order valence-electron chi connectivity index (χ4n) is 3.04. The number of carbonyl (C=O) groups is 2. The van der Waals surface area contributed by atoms with E-state index >= 15 is 0 Å². The predicted molar refractivity (Wildman–Crippen MR) is 121 cm³/mol. The SMILES string of the molecule is CCc1ccc(C=C(C(=O)Nc2ccccc2F)C(=O)Nc2ccccc2F)cc1[N+](=O)[O-]. The zero-order chi connectivity index (χ0) is 24.0. The number of amides is 2. The van der Waals surface area contributed by atoms with Gasteiger partial charge in [0.1, 0.15) is 17.2 Å². The Balaban J connectivity index is 2.02. The highest BCUT2D eigenvalue weighted by Crippen LogP contribution is 2.24. The number of nitrogens with one attached hydrogen (secondary N) is 2. The minimum absolute atomic E-state index is 0.167. The Morgan fingerprint density at radius 3 is 1.88 bits per heavy atom. The van der Waals surface area contributed by atoms with Gasteiger partial charge in [0.05, 0.1) is 16.3 Å². The number of anilines is 2. The number of para-hydroxylation sites is 2. The molecule has 2 N–H and O–H groups in total. The summed E-state index contributed by atoms with van der Waals surface area (Å²) in [6, 6.07) is 15.0. The Bertz CT molecular complexity index is 1200. The van der Waals surface area contributed by atoms with Gasteiger partial charge >= 0.3 is 0 Å². The molecule has 3 rings (SSSR count). The molecule has 3 aromatic carbocycles. The van der Waals surface area contributed by atoms with Gasteiger partial charge in [-0.25, -0.2) is 8.78 Å². The van der Waals surface area contributed by atoms with E-state index in [4.69, 9.17) is 0 Å². The maximum Gasteiger partial charge on any atom is 0.273 e. The van der Waals surface area contributed by atoms with Gasteiger partial charge in [0.2, 0.25) is 0 Å². The molecule has 3 aromatic rings. The number of halogens is 2. The fraction of sp³-hybridized carbons (Fsp3) is 0.0833. The third kappa shape index (κ3) is 5.65. The minimum Gasteiger partial charge on any atom is -0.319 e. The van der Waals surface area contributed by atoms with Crippen molar-refractivity contribution in [3.05, 3.63) is 105 Å². The number of hydrogen-bond acceptors (Lipinski definition) is 4. The molecule has 0 unspecified atom stereocenters. The lowest BCUT2D eigenvalue weighted by Gasteiger charge is -2.11. The standard InChI is InChI=1S/C24H19F2N3O4/c1-2-16-12-11-15(14-22(16)29(32)33)13-17(23(30)27-20-9-5-3-7-18(20)25)24(31)28-21-10-6-4-8-19(21)26/h3-14H,2H2,1H3,(H,27,30)(H,28,31). The van der Waals surface area contributed by atoms with Crippen LogP contribution in [0.2, 0.25) is 0 Å². The Hall–Kier alpha value is -4.40. The number of carbonyl (C=O) groups excluding carboxylic acids is 2. The first-order valence-corrected chi connectivity index (χ1v) is 9.91. The van der Waals surface area contributed by atoms with E-state index in [9.17, 15) is 28.5 Å². The summed E-state index contributed by atoms with van der Waals surface area (Å²) in [6.45, 7) is 1.76. The number of benzene rings is 3. The molecule has 0 radical (unpaired) electrons. The summed E-state index contributed by atoms with van der Waals surface area (Å²) in [6.07, 6.45) is 1.54. The van der Waals surface area contributed by atoms with Crippen LogP contribution in [0.3, 0.4) is 0 Å². The number of aryl methyl sites for hydroxylation is 1. The van der Waals surface area contributed by atoms with Crippen LogP contribution in [-0.4, -0.2) is 16.7 Å². The first kappa shape index (κ1) is 23.3. The molecule has 0 saturated heterocycles.